The molecule has 2 aromatic carbocycles. The highest BCUT2D eigenvalue weighted by atomic mass is 32.2. The molecule has 0 fully saturated rings. The lowest BCUT2D eigenvalue weighted by atomic mass is 10.2. The third-order valence-electron chi connectivity index (χ3n) is 5.16. The van der Waals surface area contributed by atoms with Gasteiger partial charge in [-0.2, -0.15) is 0 Å². The van der Waals surface area contributed by atoms with Gasteiger partial charge in [0.1, 0.15) is 29.3 Å². The van der Waals surface area contributed by atoms with E-state index in [9.17, 15) is 4.21 Å². The summed E-state index contributed by atoms with van der Waals surface area (Å²) in [6, 6.07) is 11.5. The largest absolute Gasteiger partial charge is 0.456 e. The van der Waals surface area contributed by atoms with Gasteiger partial charge >= 0.3 is 0 Å². The summed E-state index contributed by atoms with van der Waals surface area (Å²) in [6.07, 6.45) is 2.26. The maximum Gasteiger partial charge on any atom is 0.231 e. The molecule has 0 bridgehead atoms. The van der Waals surface area contributed by atoms with E-state index in [4.69, 9.17) is 24.1 Å². The molecule has 1 N–H and O–H groups in total. The van der Waals surface area contributed by atoms with Crippen LogP contribution in [-0.2, 0) is 15.8 Å². The number of hydrogen-bond acceptors (Lipinski definition) is 7. The summed E-state index contributed by atoms with van der Waals surface area (Å²) in [5.41, 5.74) is 1.07. The Morgan fingerprint density at radius 1 is 0.944 bits per heavy atom. The number of carbonyl (C=O) groups is 1. The Morgan fingerprint density at radius 2 is 1.58 bits per heavy atom. The maximum absolute atomic E-state index is 13.2. The van der Waals surface area contributed by atoms with Crippen molar-refractivity contribution in [1.82, 2.24) is 4.31 Å². The SMILES string of the molecule is C=O.CC.CCCCN(CC)c1ccc(S(=O)N(CC)CC)c(Oc2ccc3c(c2)OCO3)c1.CO. The molecule has 9 heteroatoms. The fourth-order valence-electron chi connectivity index (χ4n) is 3.40. The predicted octanol–water partition coefficient (Wildman–Crippen LogP) is 5.65. The Bertz CT molecular complexity index is 893. The Balaban J connectivity index is 0.00000190. The number of ether oxygens (including phenoxy) is 3. The summed E-state index contributed by atoms with van der Waals surface area (Å²) in [6.45, 7) is 17.9. The molecule has 2 aromatic rings. The first-order valence-electron chi connectivity index (χ1n) is 12.5. The number of rotatable bonds is 11. The van der Waals surface area contributed by atoms with Crippen molar-refractivity contribution in [1.29, 1.82) is 0 Å². The molecule has 1 unspecified atom stereocenters. The van der Waals surface area contributed by atoms with Crippen LogP contribution in [0.25, 0.3) is 0 Å². The lowest BCUT2D eigenvalue weighted by Gasteiger charge is -2.25. The highest BCUT2D eigenvalue weighted by Crippen LogP contribution is 2.39. The second-order valence-corrected chi connectivity index (χ2v) is 8.50. The van der Waals surface area contributed by atoms with E-state index < -0.39 is 11.0 Å². The molecule has 0 aliphatic carbocycles. The summed E-state index contributed by atoms with van der Waals surface area (Å²) >= 11 is 0. The number of aliphatic hydroxyl groups excluding tert-OH is 1. The van der Waals surface area contributed by atoms with E-state index in [1.165, 1.54) is 0 Å². The van der Waals surface area contributed by atoms with Crippen molar-refractivity contribution in [2.75, 3.05) is 45.0 Å². The van der Waals surface area contributed by atoms with Gasteiger partial charge in [0, 0.05) is 51.1 Å². The van der Waals surface area contributed by atoms with Crippen LogP contribution in [0.3, 0.4) is 0 Å². The van der Waals surface area contributed by atoms with Crippen LogP contribution in [0.4, 0.5) is 5.69 Å². The molecule has 1 heterocycles. The summed E-state index contributed by atoms with van der Waals surface area (Å²) in [5.74, 6) is 2.60. The van der Waals surface area contributed by atoms with E-state index in [0.717, 1.165) is 38.7 Å². The standard InChI is InChI=1S/C23H32N2O4S.C2H6.CH4O.CH2O/c1-5-9-14-24(6-2)18-10-13-23(30(26)25(7-3)8-4)22(15-18)29-19-11-12-20-21(16-19)28-17-27-20;3*1-2/h10-13,15-16H,5-9,14,17H2,1-4H3;1-2H3;2H,1H3;1H2. The van der Waals surface area contributed by atoms with Crippen LogP contribution in [0.2, 0.25) is 0 Å². The fourth-order valence-corrected chi connectivity index (χ4v) is 4.61. The lowest BCUT2D eigenvalue weighted by Crippen LogP contribution is -2.26. The molecule has 0 aromatic heterocycles. The number of hydrogen-bond donors (Lipinski definition) is 1. The van der Waals surface area contributed by atoms with Gasteiger partial charge < -0.3 is 29.0 Å². The van der Waals surface area contributed by atoms with Crippen LogP contribution < -0.4 is 19.1 Å². The second kappa shape index (κ2) is 19.6. The molecule has 0 spiro atoms. The third kappa shape index (κ3) is 9.44. The molecule has 36 heavy (non-hydrogen) atoms. The van der Waals surface area contributed by atoms with Crippen LogP contribution in [0.15, 0.2) is 41.3 Å². The van der Waals surface area contributed by atoms with Crippen LogP contribution in [-0.4, -0.2) is 60.5 Å². The molecule has 3 rings (SSSR count). The van der Waals surface area contributed by atoms with Crippen molar-refractivity contribution >= 4 is 23.5 Å². The van der Waals surface area contributed by atoms with Gasteiger partial charge in [0.05, 0.1) is 4.90 Å². The van der Waals surface area contributed by atoms with Crippen molar-refractivity contribution < 1.29 is 28.3 Å². The van der Waals surface area contributed by atoms with Gasteiger partial charge in [-0.15, -0.1) is 0 Å². The van der Waals surface area contributed by atoms with Crippen molar-refractivity contribution in [3.05, 3.63) is 36.4 Å². The second-order valence-electron chi connectivity index (χ2n) is 7.04. The summed E-state index contributed by atoms with van der Waals surface area (Å²) in [7, 11) is -0.301. The van der Waals surface area contributed by atoms with Gasteiger partial charge in [-0.05, 0) is 37.6 Å². The number of benzene rings is 2. The minimum atomic E-state index is -1.30. The lowest BCUT2D eigenvalue weighted by molar-refractivity contribution is -0.0980. The number of anilines is 1. The fraction of sp³-hybridized carbons (Fsp3) is 0.519. The smallest absolute Gasteiger partial charge is 0.231 e. The first-order valence-corrected chi connectivity index (χ1v) is 13.6. The normalized spacial score (nSPS) is 11.7. The highest BCUT2D eigenvalue weighted by Gasteiger charge is 2.20. The molecule has 1 aliphatic rings. The molecule has 0 amide bonds. The Kier molecular flexibility index (Phi) is 18.1. The first-order chi connectivity index (χ1) is 17.6. The van der Waals surface area contributed by atoms with Gasteiger partial charge in [-0.25, -0.2) is 8.51 Å². The minimum Gasteiger partial charge on any atom is -0.456 e. The van der Waals surface area contributed by atoms with Gasteiger partial charge in [-0.3, -0.25) is 0 Å². The zero-order valence-electron chi connectivity index (χ0n) is 22.9. The van der Waals surface area contributed by atoms with Crippen LogP contribution in [0.5, 0.6) is 23.0 Å². The highest BCUT2D eigenvalue weighted by molar-refractivity contribution is 7.82. The zero-order valence-corrected chi connectivity index (χ0v) is 23.7. The number of aliphatic hydroxyl groups is 1. The molecular weight excluding hydrogens is 480 g/mol. The Morgan fingerprint density at radius 3 is 2.17 bits per heavy atom. The van der Waals surface area contributed by atoms with Gasteiger partial charge in [0.25, 0.3) is 0 Å². The van der Waals surface area contributed by atoms with Crippen molar-refractivity contribution in [2.45, 2.75) is 59.3 Å². The topological polar surface area (TPSA) is 88.5 Å². The van der Waals surface area contributed by atoms with E-state index in [-0.39, 0.29) is 6.79 Å². The van der Waals surface area contributed by atoms with Crippen molar-refractivity contribution in [3.8, 4) is 23.0 Å². The Labute approximate surface area is 219 Å². The number of fused-ring (bicyclic) bond motifs is 1. The molecule has 1 aliphatic heterocycles. The molecule has 0 radical (unpaired) electrons. The van der Waals surface area contributed by atoms with E-state index >= 15 is 0 Å². The molecule has 0 saturated heterocycles. The third-order valence-corrected chi connectivity index (χ3v) is 6.85. The molecule has 1 atom stereocenters. The number of nitrogens with zero attached hydrogens (tertiary/aromatic N) is 2. The van der Waals surface area contributed by atoms with E-state index in [0.29, 0.717) is 41.0 Å². The van der Waals surface area contributed by atoms with Gasteiger partial charge in [-0.1, -0.05) is 41.0 Å². The minimum absolute atomic E-state index is 0.217. The van der Waals surface area contributed by atoms with Crippen LogP contribution >= 0.6 is 0 Å². The van der Waals surface area contributed by atoms with Crippen molar-refractivity contribution in [3.63, 3.8) is 0 Å². The molecule has 0 saturated carbocycles. The number of carbonyl (C=O) groups excluding carboxylic acids is 1. The molecular formula is C27H44N2O6S. The van der Waals surface area contributed by atoms with Crippen molar-refractivity contribution in [2.24, 2.45) is 0 Å². The van der Waals surface area contributed by atoms with E-state index in [2.05, 4.69) is 18.7 Å². The predicted molar refractivity (Wildman–Crippen MR) is 148 cm³/mol. The Hall–Kier alpha value is -2.62. The van der Waals surface area contributed by atoms with Crippen LogP contribution in [0, 0.1) is 0 Å². The average molecular weight is 525 g/mol. The summed E-state index contributed by atoms with van der Waals surface area (Å²) < 4.78 is 32.3. The van der Waals surface area contributed by atoms with E-state index in [1.54, 1.807) is 0 Å². The zero-order chi connectivity index (χ0) is 27.5. The monoisotopic (exact) mass is 524 g/mol. The van der Waals surface area contributed by atoms with E-state index in [1.807, 2.05) is 75.2 Å². The van der Waals surface area contributed by atoms with Gasteiger partial charge in [0.15, 0.2) is 11.5 Å². The first kappa shape index (κ1) is 33.4. The van der Waals surface area contributed by atoms with Gasteiger partial charge in [0.2, 0.25) is 6.79 Å². The molecule has 204 valence electrons. The molecule has 8 nitrogen and oxygen atoms in total. The van der Waals surface area contributed by atoms with Crippen LogP contribution in [0.1, 0.15) is 54.4 Å². The number of unbranched alkanes of at least 4 members (excludes halogenated alkanes) is 1. The maximum atomic E-state index is 13.2. The average Bonchev–Trinajstić information content (AvgIpc) is 3.41. The quantitative estimate of drug-likeness (QED) is 0.406. The summed E-state index contributed by atoms with van der Waals surface area (Å²) in [4.78, 5) is 11.0. The summed E-state index contributed by atoms with van der Waals surface area (Å²) in [5, 5.41) is 7.00.